The lowest BCUT2D eigenvalue weighted by Crippen LogP contribution is -2.07. The molecule has 0 atom stereocenters. The molecule has 0 aliphatic rings. The highest BCUT2D eigenvalue weighted by molar-refractivity contribution is 7.12. The summed E-state index contributed by atoms with van der Waals surface area (Å²) in [4.78, 5) is 23.6. The van der Waals surface area contributed by atoms with Crippen LogP contribution in [0, 0.1) is 0 Å². The zero-order valence-corrected chi connectivity index (χ0v) is 10.5. The molecule has 0 fully saturated rings. The van der Waals surface area contributed by atoms with Crippen molar-refractivity contribution >= 4 is 28.7 Å². The molecule has 5 heteroatoms. The third-order valence-corrected chi connectivity index (χ3v) is 3.18. The van der Waals surface area contributed by atoms with Crippen LogP contribution < -0.4 is 5.32 Å². The Morgan fingerprint density at radius 2 is 2.06 bits per heavy atom. The van der Waals surface area contributed by atoms with Crippen LogP contribution in [0.1, 0.15) is 22.2 Å². The summed E-state index contributed by atoms with van der Waals surface area (Å²) >= 11 is 1.31. The highest BCUT2D eigenvalue weighted by atomic mass is 32.1. The monoisotopic (exact) mass is 261 g/mol. The van der Waals surface area contributed by atoms with Crippen LogP contribution in [0.4, 0.5) is 5.69 Å². The maximum Gasteiger partial charge on any atom is 0.221 e. The number of rotatable bonds is 3. The van der Waals surface area contributed by atoms with Gasteiger partial charge in [-0.05, 0) is 29.6 Å². The van der Waals surface area contributed by atoms with Crippen LogP contribution in [0.15, 0.2) is 35.7 Å². The molecule has 0 bridgehead atoms. The van der Waals surface area contributed by atoms with Gasteiger partial charge in [-0.1, -0.05) is 6.07 Å². The van der Waals surface area contributed by atoms with Gasteiger partial charge in [-0.25, -0.2) is 0 Å². The molecule has 0 saturated carbocycles. The van der Waals surface area contributed by atoms with Crippen molar-refractivity contribution in [1.82, 2.24) is 0 Å². The van der Waals surface area contributed by atoms with Crippen molar-refractivity contribution in [2.75, 3.05) is 5.32 Å². The molecule has 0 radical (unpaired) electrons. The van der Waals surface area contributed by atoms with Crippen molar-refractivity contribution in [3.05, 3.63) is 46.2 Å². The minimum absolute atomic E-state index is 0.0949. The number of aromatic hydroxyl groups is 1. The second-order valence-corrected chi connectivity index (χ2v) is 4.67. The Morgan fingerprint density at radius 3 is 2.67 bits per heavy atom. The van der Waals surface area contributed by atoms with Gasteiger partial charge in [0.2, 0.25) is 11.7 Å². The quantitative estimate of drug-likeness (QED) is 0.659. The van der Waals surface area contributed by atoms with Gasteiger partial charge in [-0.3, -0.25) is 9.59 Å². The number of phenols is 1. The van der Waals surface area contributed by atoms with Crippen molar-refractivity contribution in [3.8, 4) is 5.75 Å². The van der Waals surface area contributed by atoms with Gasteiger partial charge in [0.25, 0.3) is 0 Å². The number of anilines is 1. The van der Waals surface area contributed by atoms with E-state index in [1.54, 1.807) is 23.6 Å². The Hall–Kier alpha value is -2.14. The first kappa shape index (κ1) is 12.3. The summed E-state index contributed by atoms with van der Waals surface area (Å²) < 4.78 is 0. The SMILES string of the molecule is CC(=O)Nc1ccc(O)c(C(=O)c2cccs2)c1. The van der Waals surface area contributed by atoms with Gasteiger partial charge >= 0.3 is 0 Å². The highest BCUT2D eigenvalue weighted by Crippen LogP contribution is 2.25. The Kier molecular flexibility index (Phi) is 3.43. The Balaban J connectivity index is 2.37. The largest absolute Gasteiger partial charge is 0.507 e. The molecule has 1 amide bonds. The number of nitrogens with one attached hydrogen (secondary N) is 1. The van der Waals surface area contributed by atoms with E-state index in [9.17, 15) is 14.7 Å². The number of ketones is 1. The molecule has 0 saturated heterocycles. The fraction of sp³-hybridized carbons (Fsp3) is 0.0769. The molecule has 2 N–H and O–H groups in total. The van der Waals surface area contributed by atoms with Crippen molar-refractivity contribution in [2.45, 2.75) is 6.92 Å². The van der Waals surface area contributed by atoms with E-state index in [-0.39, 0.29) is 23.0 Å². The number of carbonyl (C=O) groups excluding carboxylic acids is 2. The van der Waals surface area contributed by atoms with E-state index in [4.69, 9.17) is 0 Å². The van der Waals surface area contributed by atoms with Gasteiger partial charge < -0.3 is 10.4 Å². The van der Waals surface area contributed by atoms with Crippen molar-refractivity contribution in [1.29, 1.82) is 0 Å². The molecule has 1 aromatic heterocycles. The number of phenolic OH excluding ortho intramolecular Hbond substituents is 1. The fourth-order valence-electron chi connectivity index (χ4n) is 1.54. The molecule has 92 valence electrons. The molecule has 0 spiro atoms. The van der Waals surface area contributed by atoms with E-state index in [1.807, 2.05) is 0 Å². The van der Waals surface area contributed by atoms with Crippen molar-refractivity contribution < 1.29 is 14.7 Å². The van der Waals surface area contributed by atoms with Gasteiger partial charge in [-0.2, -0.15) is 0 Å². The molecule has 0 aliphatic heterocycles. The average Bonchev–Trinajstić information content (AvgIpc) is 2.83. The van der Waals surface area contributed by atoms with Crippen LogP contribution >= 0.6 is 11.3 Å². The smallest absolute Gasteiger partial charge is 0.221 e. The zero-order valence-electron chi connectivity index (χ0n) is 9.64. The first-order valence-corrected chi connectivity index (χ1v) is 6.14. The highest BCUT2D eigenvalue weighted by Gasteiger charge is 2.15. The standard InChI is InChI=1S/C13H11NO3S/c1-8(15)14-9-4-5-11(16)10(7-9)13(17)12-3-2-6-18-12/h2-7,16H,1H3,(H,14,15). The summed E-state index contributed by atoms with van der Waals surface area (Å²) in [6.45, 7) is 1.38. The molecule has 4 nitrogen and oxygen atoms in total. The molecular formula is C13H11NO3S. The molecule has 0 unspecified atom stereocenters. The number of hydrogen-bond donors (Lipinski definition) is 2. The maximum atomic E-state index is 12.1. The molecule has 18 heavy (non-hydrogen) atoms. The Morgan fingerprint density at radius 1 is 1.28 bits per heavy atom. The van der Waals surface area contributed by atoms with Gasteiger partial charge in [0.15, 0.2) is 0 Å². The molecule has 1 heterocycles. The van der Waals surface area contributed by atoms with E-state index in [1.165, 1.54) is 30.4 Å². The van der Waals surface area contributed by atoms with E-state index >= 15 is 0 Å². The van der Waals surface area contributed by atoms with E-state index in [0.29, 0.717) is 10.6 Å². The molecule has 2 rings (SSSR count). The van der Waals surface area contributed by atoms with E-state index in [2.05, 4.69) is 5.32 Å². The number of thiophene rings is 1. The van der Waals surface area contributed by atoms with Crippen LogP contribution in [0.5, 0.6) is 5.75 Å². The number of benzene rings is 1. The molecule has 1 aromatic carbocycles. The first-order chi connectivity index (χ1) is 8.58. The van der Waals surface area contributed by atoms with Gasteiger partial charge in [0.05, 0.1) is 10.4 Å². The average molecular weight is 261 g/mol. The van der Waals surface area contributed by atoms with Gasteiger partial charge in [-0.15, -0.1) is 11.3 Å². The van der Waals surface area contributed by atoms with Crippen LogP contribution in [0.25, 0.3) is 0 Å². The van der Waals surface area contributed by atoms with Crippen molar-refractivity contribution in [2.24, 2.45) is 0 Å². The van der Waals surface area contributed by atoms with E-state index in [0.717, 1.165) is 0 Å². The number of amides is 1. The second kappa shape index (κ2) is 5.01. The lowest BCUT2D eigenvalue weighted by atomic mass is 10.1. The summed E-state index contributed by atoms with van der Waals surface area (Å²) in [6.07, 6.45) is 0. The lowest BCUT2D eigenvalue weighted by Gasteiger charge is -2.06. The predicted molar refractivity (Wildman–Crippen MR) is 70.2 cm³/mol. The lowest BCUT2D eigenvalue weighted by molar-refractivity contribution is -0.114. The summed E-state index contributed by atoms with van der Waals surface area (Å²) in [7, 11) is 0. The Labute approximate surface area is 108 Å². The summed E-state index contributed by atoms with van der Waals surface area (Å²) in [5, 5.41) is 14.1. The normalized spacial score (nSPS) is 10.1. The summed E-state index contributed by atoms with van der Waals surface area (Å²) in [6, 6.07) is 7.87. The minimum atomic E-state index is -0.255. The van der Waals surface area contributed by atoms with Crippen LogP contribution in [0.3, 0.4) is 0 Å². The second-order valence-electron chi connectivity index (χ2n) is 3.72. The zero-order chi connectivity index (χ0) is 13.1. The molecule has 0 aliphatic carbocycles. The topological polar surface area (TPSA) is 66.4 Å². The van der Waals surface area contributed by atoms with Crippen LogP contribution in [-0.4, -0.2) is 16.8 Å². The Bertz CT molecular complexity index is 590. The molecular weight excluding hydrogens is 250 g/mol. The third kappa shape index (κ3) is 2.57. The van der Waals surface area contributed by atoms with Gasteiger partial charge in [0, 0.05) is 12.6 Å². The van der Waals surface area contributed by atoms with Crippen LogP contribution in [0.2, 0.25) is 0 Å². The number of hydrogen-bond acceptors (Lipinski definition) is 4. The number of carbonyl (C=O) groups is 2. The summed E-state index contributed by atoms with van der Waals surface area (Å²) in [5.74, 6) is -0.576. The maximum absolute atomic E-state index is 12.1. The van der Waals surface area contributed by atoms with Crippen LogP contribution in [-0.2, 0) is 4.79 Å². The molecule has 2 aromatic rings. The summed E-state index contributed by atoms with van der Waals surface area (Å²) in [5.41, 5.74) is 0.670. The first-order valence-electron chi connectivity index (χ1n) is 5.27. The van der Waals surface area contributed by atoms with Gasteiger partial charge in [0.1, 0.15) is 5.75 Å². The minimum Gasteiger partial charge on any atom is -0.507 e. The fourth-order valence-corrected chi connectivity index (χ4v) is 2.22. The predicted octanol–water partition coefficient (Wildman–Crippen LogP) is 2.64. The third-order valence-electron chi connectivity index (χ3n) is 2.31. The van der Waals surface area contributed by atoms with E-state index < -0.39 is 0 Å². The van der Waals surface area contributed by atoms with Crippen molar-refractivity contribution in [3.63, 3.8) is 0 Å².